The molecule has 0 N–H and O–H groups in total. The molecule has 0 saturated heterocycles. The summed E-state index contributed by atoms with van der Waals surface area (Å²) in [5.74, 6) is -3.13. The third-order valence-corrected chi connectivity index (χ3v) is 2.29. The van der Waals surface area contributed by atoms with Crippen LogP contribution < -0.4 is 0 Å². The molecule has 0 bridgehead atoms. The van der Waals surface area contributed by atoms with E-state index in [1.54, 1.807) is 0 Å². The zero-order valence-electron chi connectivity index (χ0n) is 7.54. The quantitative estimate of drug-likeness (QED) is 0.684. The molecule has 1 aliphatic rings. The molecule has 2 rings (SSSR count). The Bertz CT molecular complexity index is 373. The Morgan fingerprint density at radius 3 is 2.86 bits per heavy atom. The van der Waals surface area contributed by atoms with E-state index >= 15 is 0 Å². The molecule has 76 valence electrons. The maximum atomic E-state index is 12.6. The van der Waals surface area contributed by atoms with Gasteiger partial charge in [0.15, 0.2) is 0 Å². The normalized spacial score (nSPS) is 23.2. The van der Waals surface area contributed by atoms with E-state index in [1.807, 2.05) is 0 Å². The van der Waals surface area contributed by atoms with Crippen LogP contribution in [0.2, 0.25) is 0 Å². The second-order valence-corrected chi connectivity index (χ2v) is 3.32. The van der Waals surface area contributed by atoms with Crippen molar-refractivity contribution in [3.05, 3.63) is 24.0 Å². The van der Waals surface area contributed by atoms with Crippen molar-refractivity contribution in [1.29, 1.82) is 0 Å². The number of carbonyl (C=O) groups is 1. The lowest BCUT2D eigenvalue weighted by molar-refractivity contribution is 0.0599. The molecule has 0 aromatic carbocycles. The van der Waals surface area contributed by atoms with Gasteiger partial charge in [0, 0.05) is 18.8 Å². The third-order valence-electron chi connectivity index (χ3n) is 2.29. The number of aromatic nitrogens is 1. The van der Waals surface area contributed by atoms with E-state index < -0.39 is 17.9 Å². The van der Waals surface area contributed by atoms with Crippen LogP contribution in [-0.4, -0.2) is 23.6 Å². The molecule has 3 nitrogen and oxygen atoms in total. The van der Waals surface area contributed by atoms with Crippen molar-refractivity contribution in [2.45, 2.75) is 18.4 Å². The zero-order valence-corrected chi connectivity index (χ0v) is 7.54. The molecular weight excluding hydrogens is 192 g/mol. The minimum atomic E-state index is -2.62. The summed E-state index contributed by atoms with van der Waals surface area (Å²) in [7, 11) is 1.26. The second kappa shape index (κ2) is 2.80. The molecular formula is C9H9F2NO2. The van der Waals surface area contributed by atoms with Gasteiger partial charge in [-0.2, -0.15) is 0 Å². The molecule has 1 heterocycles. The van der Waals surface area contributed by atoms with Crippen LogP contribution in [0.5, 0.6) is 0 Å². The minimum absolute atomic E-state index is 0.151. The number of alkyl halides is 2. The highest BCUT2D eigenvalue weighted by Crippen LogP contribution is 2.52. The summed E-state index contributed by atoms with van der Waals surface area (Å²) < 4.78 is 31.1. The molecule has 1 unspecified atom stereocenters. The van der Waals surface area contributed by atoms with Gasteiger partial charge in [0.1, 0.15) is 6.04 Å². The van der Waals surface area contributed by atoms with Crippen LogP contribution in [-0.2, 0) is 4.74 Å². The fourth-order valence-electron chi connectivity index (χ4n) is 1.37. The predicted molar refractivity (Wildman–Crippen MR) is 44.4 cm³/mol. The van der Waals surface area contributed by atoms with Crippen LogP contribution >= 0.6 is 0 Å². The highest BCUT2D eigenvalue weighted by atomic mass is 19.3. The van der Waals surface area contributed by atoms with E-state index in [2.05, 4.69) is 4.74 Å². The molecule has 14 heavy (non-hydrogen) atoms. The Hall–Kier alpha value is -1.39. The molecule has 1 saturated carbocycles. The van der Waals surface area contributed by atoms with Crippen LogP contribution in [0.15, 0.2) is 18.5 Å². The molecule has 0 amide bonds. The monoisotopic (exact) mass is 201 g/mol. The highest BCUT2D eigenvalue weighted by Gasteiger charge is 2.58. The van der Waals surface area contributed by atoms with Crippen molar-refractivity contribution in [1.82, 2.24) is 4.57 Å². The number of hydrogen-bond acceptors (Lipinski definition) is 2. The minimum Gasteiger partial charge on any atom is -0.465 e. The molecule has 0 radical (unpaired) electrons. The van der Waals surface area contributed by atoms with Gasteiger partial charge in [-0.3, -0.25) is 0 Å². The number of rotatable bonds is 2. The lowest BCUT2D eigenvalue weighted by atomic mass is 10.3. The van der Waals surface area contributed by atoms with Gasteiger partial charge in [-0.05, 0) is 6.07 Å². The van der Waals surface area contributed by atoms with Gasteiger partial charge in [-0.15, -0.1) is 0 Å². The maximum absolute atomic E-state index is 12.6. The predicted octanol–water partition coefficient (Wildman–Crippen LogP) is 1.85. The number of halogens is 2. The largest absolute Gasteiger partial charge is 0.465 e. The standard InChI is InChI=1S/C9H9F2NO2/c1-14-8(13)6-2-3-12(5-6)7-4-9(7,10)11/h2-3,5,7H,4H2,1H3. The Labute approximate surface area is 79.3 Å². The number of carbonyl (C=O) groups excluding carboxylic acids is 1. The van der Waals surface area contributed by atoms with Gasteiger partial charge in [0.2, 0.25) is 0 Å². The molecule has 1 aromatic rings. The Morgan fingerprint density at radius 1 is 1.71 bits per heavy atom. The Balaban J connectivity index is 2.15. The van der Waals surface area contributed by atoms with E-state index in [0.29, 0.717) is 5.56 Å². The number of hydrogen-bond donors (Lipinski definition) is 0. The average molecular weight is 201 g/mol. The topological polar surface area (TPSA) is 31.2 Å². The first-order valence-corrected chi connectivity index (χ1v) is 4.18. The third kappa shape index (κ3) is 1.38. The van der Waals surface area contributed by atoms with Crippen LogP contribution in [0.1, 0.15) is 22.8 Å². The van der Waals surface area contributed by atoms with E-state index in [1.165, 1.54) is 30.1 Å². The first-order chi connectivity index (χ1) is 6.54. The van der Waals surface area contributed by atoms with E-state index in [-0.39, 0.29) is 6.42 Å². The fourth-order valence-corrected chi connectivity index (χ4v) is 1.37. The summed E-state index contributed by atoms with van der Waals surface area (Å²) in [6.07, 6.45) is 2.71. The number of nitrogens with zero attached hydrogens (tertiary/aromatic N) is 1. The van der Waals surface area contributed by atoms with Crippen molar-refractivity contribution in [2.24, 2.45) is 0 Å². The van der Waals surface area contributed by atoms with Crippen LogP contribution in [0.4, 0.5) is 8.78 Å². The molecule has 5 heteroatoms. The van der Waals surface area contributed by atoms with Crippen molar-refractivity contribution in [3.63, 3.8) is 0 Å². The Morgan fingerprint density at radius 2 is 2.36 bits per heavy atom. The fraction of sp³-hybridized carbons (Fsp3) is 0.444. The van der Waals surface area contributed by atoms with Crippen molar-refractivity contribution >= 4 is 5.97 Å². The SMILES string of the molecule is COC(=O)c1ccn(C2CC2(F)F)c1. The van der Waals surface area contributed by atoms with Gasteiger partial charge in [0.05, 0.1) is 12.7 Å². The number of esters is 1. The van der Waals surface area contributed by atoms with Crippen LogP contribution in [0.3, 0.4) is 0 Å². The smallest absolute Gasteiger partial charge is 0.339 e. The van der Waals surface area contributed by atoms with E-state index in [9.17, 15) is 13.6 Å². The molecule has 1 aliphatic carbocycles. The van der Waals surface area contributed by atoms with E-state index in [0.717, 1.165) is 0 Å². The lowest BCUT2D eigenvalue weighted by Crippen LogP contribution is -2.01. The molecule has 1 fully saturated rings. The first kappa shape index (κ1) is 9.18. The first-order valence-electron chi connectivity index (χ1n) is 4.18. The van der Waals surface area contributed by atoms with Crippen molar-refractivity contribution in [2.75, 3.05) is 7.11 Å². The summed E-state index contributed by atoms with van der Waals surface area (Å²) in [5, 5.41) is 0. The highest BCUT2D eigenvalue weighted by molar-refractivity contribution is 5.89. The molecule has 1 aromatic heterocycles. The summed E-state index contributed by atoms with van der Waals surface area (Å²) >= 11 is 0. The lowest BCUT2D eigenvalue weighted by Gasteiger charge is -1.99. The van der Waals surface area contributed by atoms with E-state index in [4.69, 9.17) is 0 Å². The average Bonchev–Trinajstić information content (AvgIpc) is 2.64. The summed E-state index contributed by atoms with van der Waals surface area (Å²) in [6.45, 7) is 0. The number of ether oxygens (including phenoxy) is 1. The van der Waals surface area contributed by atoms with Crippen molar-refractivity contribution < 1.29 is 18.3 Å². The summed E-state index contributed by atoms with van der Waals surface area (Å²) in [4.78, 5) is 11.0. The van der Waals surface area contributed by atoms with Gasteiger partial charge < -0.3 is 9.30 Å². The van der Waals surface area contributed by atoms with Crippen LogP contribution in [0.25, 0.3) is 0 Å². The molecule has 0 aliphatic heterocycles. The van der Waals surface area contributed by atoms with Gasteiger partial charge >= 0.3 is 5.97 Å². The zero-order chi connectivity index (χ0) is 10.3. The summed E-state index contributed by atoms with van der Waals surface area (Å²) in [5.41, 5.74) is 0.301. The van der Waals surface area contributed by atoms with Gasteiger partial charge in [0.25, 0.3) is 5.92 Å². The molecule has 1 atom stereocenters. The van der Waals surface area contributed by atoms with Gasteiger partial charge in [-0.25, -0.2) is 13.6 Å². The maximum Gasteiger partial charge on any atom is 0.339 e. The van der Waals surface area contributed by atoms with Crippen molar-refractivity contribution in [3.8, 4) is 0 Å². The second-order valence-electron chi connectivity index (χ2n) is 3.32. The Kier molecular flexibility index (Phi) is 1.83. The summed E-state index contributed by atoms with van der Waals surface area (Å²) in [6, 6.07) is 0.682. The molecule has 0 spiro atoms. The van der Waals surface area contributed by atoms with Gasteiger partial charge in [-0.1, -0.05) is 0 Å². The number of methoxy groups -OCH3 is 1. The van der Waals surface area contributed by atoms with Crippen LogP contribution in [0, 0.1) is 0 Å².